The number of aromatic nitrogens is 1. The quantitative estimate of drug-likeness (QED) is 0.719. The zero-order valence-corrected chi connectivity index (χ0v) is 14.3. The molecule has 5 nitrogen and oxygen atoms in total. The Bertz CT molecular complexity index is 880. The minimum atomic E-state index is -0.195. The second-order valence-electron chi connectivity index (χ2n) is 6.18. The summed E-state index contributed by atoms with van der Waals surface area (Å²) in [6, 6.07) is 9.21. The first kappa shape index (κ1) is 16.0. The molecule has 1 amide bonds. The minimum absolute atomic E-state index is 0.193. The summed E-state index contributed by atoms with van der Waals surface area (Å²) >= 11 is 6.31. The standard InChI is InChI=1S/C19H17ClN2O3/c20-15-8-4-3-7-14(15)17-16(19(23)21-13-5-1-2-6-13)18(25-22-17)12-9-10-24-11-12/h3-4,7-11,13H,1-2,5-6H2,(H,21,23). The molecular weight excluding hydrogens is 340 g/mol. The number of amides is 1. The largest absolute Gasteiger partial charge is 0.472 e. The van der Waals surface area contributed by atoms with Crippen molar-refractivity contribution in [1.82, 2.24) is 10.5 Å². The molecule has 1 aliphatic carbocycles. The molecule has 25 heavy (non-hydrogen) atoms. The zero-order chi connectivity index (χ0) is 17.2. The number of benzene rings is 1. The molecule has 4 rings (SSSR count). The number of hydrogen-bond donors (Lipinski definition) is 1. The van der Waals surface area contributed by atoms with E-state index in [2.05, 4.69) is 10.5 Å². The third kappa shape index (κ3) is 3.07. The second-order valence-corrected chi connectivity index (χ2v) is 6.59. The molecule has 0 saturated heterocycles. The molecule has 6 heteroatoms. The summed E-state index contributed by atoms with van der Waals surface area (Å²) in [6.07, 6.45) is 7.34. The highest BCUT2D eigenvalue weighted by Crippen LogP contribution is 2.36. The van der Waals surface area contributed by atoms with Gasteiger partial charge >= 0.3 is 0 Å². The maximum Gasteiger partial charge on any atom is 0.257 e. The summed E-state index contributed by atoms with van der Waals surface area (Å²) in [5.74, 6) is 0.193. The van der Waals surface area contributed by atoms with Crippen molar-refractivity contribution in [1.29, 1.82) is 0 Å². The fourth-order valence-electron chi connectivity index (χ4n) is 3.26. The van der Waals surface area contributed by atoms with Gasteiger partial charge in [-0.2, -0.15) is 0 Å². The Balaban J connectivity index is 1.79. The van der Waals surface area contributed by atoms with Gasteiger partial charge in [-0.3, -0.25) is 4.79 Å². The van der Waals surface area contributed by atoms with Crippen LogP contribution in [0.3, 0.4) is 0 Å². The highest BCUT2D eigenvalue weighted by atomic mass is 35.5. The van der Waals surface area contributed by atoms with Crippen LogP contribution in [0, 0.1) is 0 Å². The molecule has 1 N–H and O–H groups in total. The lowest BCUT2D eigenvalue weighted by Gasteiger charge is -2.12. The number of furan rings is 1. The molecule has 2 aromatic heterocycles. The topological polar surface area (TPSA) is 68.3 Å². The molecule has 0 radical (unpaired) electrons. The Hall–Kier alpha value is -2.53. The van der Waals surface area contributed by atoms with Crippen LogP contribution in [0.15, 0.2) is 51.8 Å². The van der Waals surface area contributed by atoms with E-state index in [1.165, 1.54) is 12.5 Å². The molecule has 1 fully saturated rings. The SMILES string of the molecule is O=C(NC1CCCC1)c1c(-c2ccccc2Cl)noc1-c1ccoc1. The van der Waals surface area contributed by atoms with Crippen molar-refractivity contribution in [3.63, 3.8) is 0 Å². The number of nitrogens with one attached hydrogen (secondary N) is 1. The Morgan fingerprint density at radius 3 is 2.72 bits per heavy atom. The van der Waals surface area contributed by atoms with Gasteiger partial charge in [-0.1, -0.05) is 47.8 Å². The first-order chi connectivity index (χ1) is 12.2. The smallest absolute Gasteiger partial charge is 0.257 e. The van der Waals surface area contributed by atoms with Crippen LogP contribution in [0.1, 0.15) is 36.0 Å². The van der Waals surface area contributed by atoms with E-state index >= 15 is 0 Å². The molecule has 3 aromatic rings. The number of halogens is 1. The van der Waals surface area contributed by atoms with Crippen LogP contribution in [0.2, 0.25) is 5.02 Å². The van der Waals surface area contributed by atoms with Crippen LogP contribution in [0.5, 0.6) is 0 Å². The fourth-order valence-corrected chi connectivity index (χ4v) is 3.48. The summed E-state index contributed by atoms with van der Waals surface area (Å²) in [7, 11) is 0. The minimum Gasteiger partial charge on any atom is -0.472 e. The van der Waals surface area contributed by atoms with Crippen molar-refractivity contribution in [2.45, 2.75) is 31.7 Å². The van der Waals surface area contributed by atoms with E-state index in [4.69, 9.17) is 20.5 Å². The van der Waals surface area contributed by atoms with Gasteiger partial charge in [0.15, 0.2) is 5.76 Å². The molecule has 1 aromatic carbocycles. The van der Waals surface area contributed by atoms with Crippen LogP contribution in [-0.2, 0) is 0 Å². The van der Waals surface area contributed by atoms with Gasteiger partial charge in [0.1, 0.15) is 17.5 Å². The molecule has 2 heterocycles. The van der Waals surface area contributed by atoms with Crippen LogP contribution >= 0.6 is 11.6 Å². The molecule has 0 bridgehead atoms. The predicted octanol–water partition coefficient (Wildman–Crippen LogP) is 4.93. The third-order valence-corrected chi connectivity index (χ3v) is 4.85. The Morgan fingerprint density at radius 2 is 2.00 bits per heavy atom. The monoisotopic (exact) mass is 356 g/mol. The van der Waals surface area contributed by atoms with Gasteiger partial charge in [0.25, 0.3) is 5.91 Å². The molecule has 1 saturated carbocycles. The molecule has 0 atom stereocenters. The van der Waals surface area contributed by atoms with Gasteiger partial charge < -0.3 is 14.3 Å². The maximum absolute atomic E-state index is 13.0. The first-order valence-corrected chi connectivity index (χ1v) is 8.70. The number of carbonyl (C=O) groups excluding carboxylic acids is 1. The Labute approximate surface area is 150 Å². The molecule has 1 aliphatic rings. The van der Waals surface area contributed by atoms with Crippen molar-refractivity contribution >= 4 is 17.5 Å². The summed E-state index contributed by atoms with van der Waals surface area (Å²) in [5, 5.41) is 7.76. The van der Waals surface area contributed by atoms with E-state index in [1.54, 1.807) is 12.1 Å². The third-order valence-electron chi connectivity index (χ3n) is 4.52. The molecule has 0 aliphatic heterocycles. The Morgan fingerprint density at radius 1 is 1.20 bits per heavy atom. The van der Waals surface area contributed by atoms with Crippen molar-refractivity contribution in [3.8, 4) is 22.6 Å². The average molecular weight is 357 g/mol. The van der Waals surface area contributed by atoms with E-state index in [-0.39, 0.29) is 11.9 Å². The number of rotatable bonds is 4. The molecule has 0 unspecified atom stereocenters. The van der Waals surface area contributed by atoms with Crippen LogP contribution in [0.25, 0.3) is 22.6 Å². The van der Waals surface area contributed by atoms with E-state index in [0.29, 0.717) is 33.2 Å². The average Bonchev–Trinajstić information content (AvgIpc) is 3.36. The second kappa shape index (κ2) is 6.76. The van der Waals surface area contributed by atoms with Crippen molar-refractivity contribution in [3.05, 3.63) is 53.4 Å². The summed E-state index contributed by atoms with van der Waals surface area (Å²) < 4.78 is 10.6. The van der Waals surface area contributed by atoms with Crippen LogP contribution < -0.4 is 5.32 Å². The lowest BCUT2D eigenvalue weighted by molar-refractivity contribution is 0.0938. The van der Waals surface area contributed by atoms with Crippen molar-refractivity contribution in [2.24, 2.45) is 0 Å². The predicted molar refractivity (Wildman–Crippen MR) is 94.4 cm³/mol. The van der Waals surface area contributed by atoms with E-state index in [9.17, 15) is 4.79 Å². The molecule has 128 valence electrons. The fraction of sp³-hybridized carbons (Fsp3) is 0.263. The van der Waals surface area contributed by atoms with Crippen molar-refractivity contribution in [2.75, 3.05) is 0 Å². The van der Waals surface area contributed by atoms with Gasteiger partial charge in [-0.05, 0) is 25.0 Å². The van der Waals surface area contributed by atoms with Crippen LogP contribution in [0.4, 0.5) is 0 Å². The van der Waals surface area contributed by atoms with E-state index < -0.39 is 0 Å². The summed E-state index contributed by atoms with van der Waals surface area (Å²) in [4.78, 5) is 13.0. The van der Waals surface area contributed by atoms with Gasteiger partial charge in [-0.25, -0.2) is 0 Å². The number of nitrogens with zero attached hydrogens (tertiary/aromatic N) is 1. The van der Waals surface area contributed by atoms with E-state index in [0.717, 1.165) is 25.7 Å². The lowest BCUT2D eigenvalue weighted by atomic mass is 10.0. The Kier molecular flexibility index (Phi) is 4.32. The van der Waals surface area contributed by atoms with Crippen molar-refractivity contribution < 1.29 is 13.7 Å². The lowest BCUT2D eigenvalue weighted by Crippen LogP contribution is -2.33. The van der Waals surface area contributed by atoms with Gasteiger partial charge in [0.2, 0.25) is 0 Å². The van der Waals surface area contributed by atoms with Gasteiger partial charge in [-0.15, -0.1) is 0 Å². The highest BCUT2D eigenvalue weighted by Gasteiger charge is 2.28. The number of carbonyl (C=O) groups is 1. The van der Waals surface area contributed by atoms with Crippen LogP contribution in [-0.4, -0.2) is 17.1 Å². The highest BCUT2D eigenvalue weighted by molar-refractivity contribution is 6.33. The summed E-state index contributed by atoms with van der Waals surface area (Å²) in [6.45, 7) is 0. The van der Waals surface area contributed by atoms with Gasteiger partial charge in [0.05, 0.1) is 16.8 Å². The maximum atomic E-state index is 13.0. The van der Waals surface area contributed by atoms with Gasteiger partial charge in [0, 0.05) is 11.6 Å². The number of hydrogen-bond acceptors (Lipinski definition) is 4. The molecular formula is C19H17ClN2O3. The zero-order valence-electron chi connectivity index (χ0n) is 13.5. The summed E-state index contributed by atoms with van der Waals surface area (Å²) in [5.41, 5.74) is 2.17. The first-order valence-electron chi connectivity index (χ1n) is 8.32. The van der Waals surface area contributed by atoms with E-state index in [1.807, 2.05) is 18.2 Å². The molecule has 0 spiro atoms. The normalized spacial score (nSPS) is 14.8.